The van der Waals surface area contributed by atoms with Crippen LogP contribution in [0.3, 0.4) is 0 Å². The van der Waals surface area contributed by atoms with Crippen LogP contribution in [0, 0.1) is 18.3 Å². The van der Waals surface area contributed by atoms with Gasteiger partial charge in [-0.15, -0.1) is 0 Å². The molecule has 0 saturated heterocycles. The third kappa shape index (κ3) is 4.22. The molecule has 1 heterocycles. The van der Waals surface area contributed by atoms with E-state index in [1.807, 2.05) is 36.4 Å². The lowest BCUT2D eigenvalue weighted by Gasteiger charge is -2.14. The van der Waals surface area contributed by atoms with Gasteiger partial charge >= 0.3 is 0 Å². The summed E-state index contributed by atoms with van der Waals surface area (Å²) in [6.07, 6.45) is 1.23. The van der Waals surface area contributed by atoms with Crippen LogP contribution < -0.4 is 11.0 Å². The normalized spacial score (nSPS) is 10.6. The highest BCUT2D eigenvalue weighted by atomic mass is 16.3. The molecule has 0 saturated carbocycles. The summed E-state index contributed by atoms with van der Waals surface area (Å²) in [5.41, 5.74) is 3.39. The van der Waals surface area contributed by atoms with Gasteiger partial charge in [0.1, 0.15) is 11.6 Å². The van der Waals surface area contributed by atoms with Crippen molar-refractivity contribution >= 4 is 12.1 Å². The number of rotatable bonds is 5. The van der Waals surface area contributed by atoms with Crippen molar-refractivity contribution in [2.24, 2.45) is 5.10 Å². The number of hydrazone groups is 1. The molecule has 144 valence electrons. The minimum atomic E-state index is -0.586. The molecule has 7 nitrogen and oxygen atoms in total. The van der Waals surface area contributed by atoms with E-state index < -0.39 is 11.5 Å². The Morgan fingerprint density at radius 3 is 2.41 bits per heavy atom. The van der Waals surface area contributed by atoms with Crippen LogP contribution in [0.5, 0.6) is 5.88 Å². The van der Waals surface area contributed by atoms with Gasteiger partial charge in [0.15, 0.2) is 0 Å². The van der Waals surface area contributed by atoms with Crippen molar-refractivity contribution in [2.45, 2.75) is 13.5 Å². The lowest BCUT2D eigenvalue weighted by Crippen LogP contribution is -2.26. The highest BCUT2D eigenvalue weighted by Gasteiger charge is 2.18. The van der Waals surface area contributed by atoms with E-state index in [9.17, 15) is 20.0 Å². The number of amides is 1. The van der Waals surface area contributed by atoms with Gasteiger partial charge in [0.2, 0.25) is 5.88 Å². The average molecular weight is 386 g/mol. The predicted molar refractivity (Wildman–Crippen MR) is 109 cm³/mol. The standard InChI is InChI=1S/C22H18N4O3/c1-15-18(12-23)21(28)26(14-16-8-4-2-5-9-16)22(29)19(15)13-24-25-20(27)17-10-6-3-7-11-17/h2-11,13,29H,14H2,1H3,(H,25,27). The summed E-state index contributed by atoms with van der Waals surface area (Å²) in [6, 6.07) is 19.5. The van der Waals surface area contributed by atoms with Crippen LogP contribution in [-0.2, 0) is 6.54 Å². The summed E-state index contributed by atoms with van der Waals surface area (Å²) < 4.78 is 1.11. The molecule has 0 spiro atoms. The number of hydrogen-bond acceptors (Lipinski definition) is 5. The smallest absolute Gasteiger partial charge is 0.271 e. The number of carbonyl (C=O) groups excluding carboxylic acids is 1. The Labute approximate surface area is 167 Å². The number of aromatic hydroxyl groups is 1. The SMILES string of the molecule is Cc1c(C=NNC(=O)c2ccccc2)c(O)n(Cc2ccccc2)c(=O)c1C#N. The molecule has 0 aliphatic carbocycles. The molecule has 3 aromatic rings. The summed E-state index contributed by atoms with van der Waals surface area (Å²) in [5, 5.41) is 24.0. The first-order valence-electron chi connectivity index (χ1n) is 8.81. The zero-order chi connectivity index (χ0) is 20.8. The highest BCUT2D eigenvalue weighted by Crippen LogP contribution is 2.20. The van der Waals surface area contributed by atoms with E-state index in [0.717, 1.165) is 10.1 Å². The molecule has 2 N–H and O–H groups in total. The monoisotopic (exact) mass is 386 g/mol. The first-order chi connectivity index (χ1) is 14.0. The Morgan fingerprint density at radius 2 is 1.79 bits per heavy atom. The van der Waals surface area contributed by atoms with Gasteiger partial charge < -0.3 is 5.11 Å². The van der Waals surface area contributed by atoms with Gasteiger partial charge in [0.25, 0.3) is 11.5 Å². The molecule has 0 bridgehead atoms. The molecule has 0 atom stereocenters. The zero-order valence-electron chi connectivity index (χ0n) is 15.7. The van der Waals surface area contributed by atoms with Gasteiger partial charge in [-0.1, -0.05) is 48.5 Å². The van der Waals surface area contributed by atoms with Crippen molar-refractivity contribution in [3.63, 3.8) is 0 Å². The molecule has 29 heavy (non-hydrogen) atoms. The van der Waals surface area contributed by atoms with Crippen LogP contribution >= 0.6 is 0 Å². The second kappa shape index (κ2) is 8.67. The molecule has 0 fully saturated rings. The second-order valence-corrected chi connectivity index (χ2v) is 6.29. The fourth-order valence-electron chi connectivity index (χ4n) is 2.85. The van der Waals surface area contributed by atoms with Crippen LogP contribution in [-0.4, -0.2) is 21.8 Å². The second-order valence-electron chi connectivity index (χ2n) is 6.29. The lowest BCUT2D eigenvalue weighted by molar-refractivity contribution is 0.0955. The van der Waals surface area contributed by atoms with Crippen LogP contribution in [0.1, 0.15) is 32.6 Å². The molecule has 1 aromatic heterocycles. The molecule has 0 aliphatic heterocycles. The van der Waals surface area contributed by atoms with E-state index in [1.54, 1.807) is 37.3 Å². The maximum Gasteiger partial charge on any atom is 0.271 e. The van der Waals surface area contributed by atoms with E-state index in [-0.39, 0.29) is 29.1 Å². The van der Waals surface area contributed by atoms with Crippen molar-refractivity contribution in [3.8, 4) is 11.9 Å². The van der Waals surface area contributed by atoms with Gasteiger partial charge in [-0.05, 0) is 30.2 Å². The van der Waals surface area contributed by atoms with E-state index in [1.165, 1.54) is 6.21 Å². The molecule has 0 radical (unpaired) electrons. The number of nitrogens with zero attached hydrogens (tertiary/aromatic N) is 3. The first-order valence-corrected chi connectivity index (χ1v) is 8.81. The van der Waals surface area contributed by atoms with Gasteiger partial charge in [0.05, 0.1) is 18.3 Å². The molecule has 1 amide bonds. The van der Waals surface area contributed by atoms with Gasteiger partial charge in [0, 0.05) is 5.56 Å². The Hall–Kier alpha value is -4.18. The van der Waals surface area contributed by atoms with Crippen LogP contribution in [0.25, 0.3) is 0 Å². The summed E-state index contributed by atoms with van der Waals surface area (Å²) in [7, 11) is 0. The molecular formula is C22H18N4O3. The summed E-state index contributed by atoms with van der Waals surface area (Å²) in [5.74, 6) is -0.745. The lowest BCUT2D eigenvalue weighted by atomic mass is 10.1. The largest absolute Gasteiger partial charge is 0.494 e. The van der Waals surface area contributed by atoms with Gasteiger partial charge in [-0.2, -0.15) is 10.4 Å². The zero-order valence-corrected chi connectivity index (χ0v) is 15.7. The summed E-state index contributed by atoms with van der Waals surface area (Å²) in [6.45, 7) is 1.64. The van der Waals surface area contributed by atoms with Crippen molar-refractivity contribution in [1.82, 2.24) is 9.99 Å². The quantitative estimate of drug-likeness (QED) is 0.519. The van der Waals surface area contributed by atoms with E-state index in [4.69, 9.17) is 0 Å². The fourth-order valence-corrected chi connectivity index (χ4v) is 2.85. The molecule has 3 rings (SSSR count). The summed E-state index contributed by atoms with van der Waals surface area (Å²) in [4.78, 5) is 24.7. The molecule has 0 unspecified atom stereocenters. The van der Waals surface area contributed by atoms with E-state index >= 15 is 0 Å². The molecular weight excluding hydrogens is 368 g/mol. The van der Waals surface area contributed by atoms with Crippen molar-refractivity contribution < 1.29 is 9.90 Å². The number of hydrogen-bond donors (Lipinski definition) is 2. The Morgan fingerprint density at radius 1 is 1.17 bits per heavy atom. The number of carbonyl (C=O) groups is 1. The summed E-state index contributed by atoms with van der Waals surface area (Å²) >= 11 is 0. The topological polar surface area (TPSA) is 107 Å². The number of pyridine rings is 1. The van der Waals surface area contributed by atoms with Crippen LogP contribution in [0.15, 0.2) is 70.6 Å². The van der Waals surface area contributed by atoms with Crippen LogP contribution in [0.2, 0.25) is 0 Å². The Kier molecular flexibility index (Phi) is 5.85. The van der Waals surface area contributed by atoms with Crippen molar-refractivity contribution in [3.05, 3.63) is 98.8 Å². The number of benzene rings is 2. The molecule has 0 aliphatic rings. The first kappa shape index (κ1) is 19.6. The van der Waals surface area contributed by atoms with Gasteiger partial charge in [-0.25, -0.2) is 5.43 Å². The fraction of sp³-hybridized carbons (Fsp3) is 0.0909. The van der Waals surface area contributed by atoms with E-state index in [0.29, 0.717) is 5.56 Å². The number of aromatic nitrogens is 1. The Balaban J connectivity index is 1.96. The third-order valence-corrected chi connectivity index (χ3v) is 4.43. The number of nitriles is 1. The minimum Gasteiger partial charge on any atom is -0.494 e. The average Bonchev–Trinajstić information content (AvgIpc) is 2.75. The minimum absolute atomic E-state index is 0.0884. The third-order valence-electron chi connectivity index (χ3n) is 4.43. The Bertz CT molecular complexity index is 1160. The highest BCUT2D eigenvalue weighted by molar-refractivity contribution is 5.95. The molecule has 2 aromatic carbocycles. The van der Waals surface area contributed by atoms with Gasteiger partial charge in [-0.3, -0.25) is 14.2 Å². The van der Waals surface area contributed by atoms with Crippen LogP contribution in [0.4, 0.5) is 0 Å². The van der Waals surface area contributed by atoms with E-state index in [2.05, 4.69) is 10.5 Å². The molecule has 7 heteroatoms. The maximum atomic E-state index is 12.6. The predicted octanol–water partition coefficient (Wildman–Crippen LogP) is 2.55. The number of nitrogens with one attached hydrogen (secondary N) is 1. The maximum absolute atomic E-state index is 12.6. The van der Waals surface area contributed by atoms with Crippen molar-refractivity contribution in [1.29, 1.82) is 5.26 Å². The van der Waals surface area contributed by atoms with Crippen molar-refractivity contribution in [2.75, 3.05) is 0 Å².